The van der Waals surface area contributed by atoms with Crippen LogP contribution in [0.25, 0.3) is 16.7 Å². The molecule has 1 aromatic carbocycles. The van der Waals surface area contributed by atoms with Gasteiger partial charge in [-0.25, -0.2) is 14.8 Å². The molecule has 188 valence electrons. The number of aromatic nitrogens is 4. The summed E-state index contributed by atoms with van der Waals surface area (Å²) in [5, 5.41) is 3.92. The first-order chi connectivity index (χ1) is 18.2. The Labute approximate surface area is 214 Å². The van der Waals surface area contributed by atoms with Gasteiger partial charge in [-0.1, -0.05) is 36.4 Å². The highest BCUT2D eigenvalue weighted by Gasteiger charge is 2.20. The molecule has 1 aliphatic heterocycles. The second-order valence-corrected chi connectivity index (χ2v) is 9.09. The number of fused-ring (bicyclic) bond motifs is 2. The Morgan fingerprint density at radius 2 is 1.73 bits per heavy atom. The number of anilines is 2. The van der Waals surface area contributed by atoms with E-state index >= 15 is 0 Å². The average molecular weight is 496 g/mol. The van der Waals surface area contributed by atoms with Crippen molar-refractivity contribution in [2.75, 3.05) is 42.5 Å². The highest BCUT2D eigenvalue weighted by atomic mass is 16.5. The molecule has 0 spiro atoms. The fourth-order valence-corrected chi connectivity index (χ4v) is 4.81. The molecule has 37 heavy (non-hydrogen) atoms. The smallest absolute Gasteiger partial charge is 0.407 e. The van der Waals surface area contributed by atoms with Gasteiger partial charge in [0.15, 0.2) is 0 Å². The maximum Gasteiger partial charge on any atom is 0.407 e. The number of carbonyl (C=O) groups is 1. The third-order valence-corrected chi connectivity index (χ3v) is 6.77. The fraction of sp³-hybridized carbons (Fsp3) is 0.250. The van der Waals surface area contributed by atoms with E-state index in [2.05, 4.69) is 59.4 Å². The predicted molar refractivity (Wildman–Crippen MR) is 144 cm³/mol. The number of pyridine rings is 2. The van der Waals surface area contributed by atoms with Crippen molar-refractivity contribution in [3.63, 3.8) is 0 Å². The summed E-state index contributed by atoms with van der Waals surface area (Å²) in [5.41, 5.74) is 2.85. The molecule has 1 N–H and O–H groups in total. The number of carbonyl (C=O) groups excluding carboxylic acids is 1. The number of imidazole rings is 1. The number of hydrogen-bond donors (Lipinski definition) is 1. The lowest BCUT2D eigenvalue weighted by Crippen LogP contribution is -2.47. The second kappa shape index (κ2) is 10.2. The molecule has 0 unspecified atom stereocenters. The molecule has 0 saturated carbocycles. The van der Waals surface area contributed by atoms with Crippen LogP contribution in [0.1, 0.15) is 5.56 Å². The van der Waals surface area contributed by atoms with E-state index in [9.17, 15) is 4.79 Å². The van der Waals surface area contributed by atoms with E-state index in [1.165, 1.54) is 5.82 Å². The molecule has 9 heteroatoms. The van der Waals surface area contributed by atoms with Crippen LogP contribution in [0.15, 0.2) is 85.3 Å². The molecule has 9 nitrogen and oxygen atoms in total. The first kappa shape index (κ1) is 22.9. The quantitative estimate of drug-likeness (QED) is 0.369. The van der Waals surface area contributed by atoms with Crippen molar-refractivity contribution in [3.05, 3.63) is 90.9 Å². The lowest BCUT2D eigenvalue weighted by molar-refractivity contribution is 0.139. The molecule has 1 saturated heterocycles. The van der Waals surface area contributed by atoms with Crippen molar-refractivity contribution in [2.45, 2.75) is 13.2 Å². The van der Waals surface area contributed by atoms with Crippen molar-refractivity contribution in [3.8, 4) is 0 Å². The van der Waals surface area contributed by atoms with E-state index in [1.54, 1.807) is 0 Å². The number of hydrogen-bond acceptors (Lipinski definition) is 6. The topological polar surface area (TPSA) is 79.9 Å². The third-order valence-electron chi connectivity index (χ3n) is 6.77. The molecule has 4 aromatic heterocycles. The standard InChI is InChI=1S/C28H29N7O2/c36-28(37-21-22-5-2-1-3-6-22)30-12-15-34-14-11-23-9-10-25(31-27(23)34)32-17-19-33(20-18-32)26-8-4-7-24-29-13-16-35(24)26/h1-11,13-14,16H,12,15,17-21H2,(H,30,36). The van der Waals surface area contributed by atoms with Gasteiger partial charge in [-0.3, -0.25) is 4.40 Å². The van der Waals surface area contributed by atoms with Crippen molar-refractivity contribution in [1.82, 2.24) is 24.3 Å². The predicted octanol–water partition coefficient (Wildman–Crippen LogP) is 3.94. The molecule has 0 atom stereocenters. The minimum atomic E-state index is -0.418. The van der Waals surface area contributed by atoms with Crippen LogP contribution in [0.3, 0.4) is 0 Å². The van der Waals surface area contributed by atoms with Crippen LogP contribution >= 0.6 is 0 Å². The lowest BCUT2D eigenvalue weighted by Gasteiger charge is -2.36. The Balaban J connectivity index is 1.06. The normalized spacial score (nSPS) is 13.8. The van der Waals surface area contributed by atoms with E-state index in [1.807, 2.05) is 55.0 Å². The minimum Gasteiger partial charge on any atom is -0.445 e. The summed E-state index contributed by atoms with van der Waals surface area (Å²) in [7, 11) is 0. The number of amides is 1. The zero-order valence-electron chi connectivity index (χ0n) is 20.5. The van der Waals surface area contributed by atoms with Crippen LogP contribution in [0, 0.1) is 0 Å². The van der Waals surface area contributed by atoms with Gasteiger partial charge in [0.05, 0.1) is 0 Å². The molecule has 6 rings (SSSR count). The summed E-state index contributed by atoms with van der Waals surface area (Å²) in [6.45, 7) is 4.93. The number of alkyl carbamates (subject to hydrolysis) is 1. The number of piperazine rings is 1. The Bertz CT molecular complexity index is 1500. The van der Waals surface area contributed by atoms with Gasteiger partial charge in [0, 0.05) is 63.2 Å². The fourth-order valence-electron chi connectivity index (χ4n) is 4.81. The van der Waals surface area contributed by atoms with Gasteiger partial charge in [-0.2, -0.15) is 0 Å². The molecule has 0 radical (unpaired) electrons. The Morgan fingerprint density at radius 3 is 2.59 bits per heavy atom. The third kappa shape index (κ3) is 4.93. The number of nitrogens with one attached hydrogen (secondary N) is 1. The van der Waals surface area contributed by atoms with Crippen LogP contribution in [0.4, 0.5) is 16.4 Å². The van der Waals surface area contributed by atoms with Crippen LogP contribution in [0.5, 0.6) is 0 Å². The number of benzene rings is 1. The van der Waals surface area contributed by atoms with Crippen LogP contribution in [0.2, 0.25) is 0 Å². The summed E-state index contributed by atoms with van der Waals surface area (Å²) < 4.78 is 9.52. The van der Waals surface area contributed by atoms with E-state index in [0.29, 0.717) is 13.1 Å². The SMILES string of the molecule is O=C(NCCn1ccc2ccc(N3CCN(c4cccc5nccn45)CC3)nc21)OCc1ccccc1. The van der Waals surface area contributed by atoms with Gasteiger partial charge in [-0.15, -0.1) is 0 Å². The zero-order valence-corrected chi connectivity index (χ0v) is 20.5. The average Bonchev–Trinajstić information content (AvgIpc) is 3.59. The highest BCUT2D eigenvalue weighted by molar-refractivity contribution is 5.78. The largest absolute Gasteiger partial charge is 0.445 e. The molecule has 1 amide bonds. The first-order valence-corrected chi connectivity index (χ1v) is 12.6. The molecule has 0 bridgehead atoms. The number of nitrogens with zero attached hydrogens (tertiary/aromatic N) is 6. The van der Waals surface area contributed by atoms with Gasteiger partial charge in [0.1, 0.15) is 29.5 Å². The van der Waals surface area contributed by atoms with Crippen molar-refractivity contribution in [1.29, 1.82) is 0 Å². The van der Waals surface area contributed by atoms with Gasteiger partial charge >= 0.3 is 6.09 Å². The summed E-state index contributed by atoms with van der Waals surface area (Å²) in [5.74, 6) is 2.14. The van der Waals surface area contributed by atoms with Crippen molar-refractivity contribution in [2.24, 2.45) is 0 Å². The van der Waals surface area contributed by atoms with E-state index < -0.39 is 6.09 Å². The molecule has 1 aliphatic rings. The Kier molecular flexibility index (Phi) is 6.33. The van der Waals surface area contributed by atoms with Gasteiger partial charge in [0.2, 0.25) is 0 Å². The second-order valence-electron chi connectivity index (χ2n) is 9.09. The van der Waals surface area contributed by atoms with E-state index in [4.69, 9.17) is 9.72 Å². The summed E-state index contributed by atoms with van der Waals surface area (Å²) in [4.78, 5) is 26.2. The van der Waals surface area contributed by atoms with Crippen LogP contribution in [-0.2, 0) is 17.9 Å². The van der Waals surface area contributed by atoms with E-state index in [0.717, 1.165) is 54.2 Å². The number of rotatable bonds is 7. The summed E-state index contributed by atoms with van der Waals surface area (Å²) in [6.07, 6.45) is 5.45. The monoisotopic (exact) mass is 495 g/mol. The zero-order chi connectivity index (χ0) is 25.0. The molecule has 5 aromatic rings. The van der Waals surface area contributed by atoms with Crippen LogP contribution in [-0.4, -0.2) is 57.8 Å². The lowest BCUT2D eigenvalue weighted by atomic mass is 10.2. The van der Waals surface area contributed by atoms with Gasteiger partial charge in [-0.05, 0) is 35.9 Å². The molecular weight excluding hydrogens is 466 g/mol. The number of ether oxygens (including phenoxy) is 1. The van der Waals surface area contributed by atoms with Crippen LogP contribution < -0.4 is 15.1 Å². The molecular formula is C28H29N7O2. The van der Waals surface area contributed by atoms with E-state index in [-0.39, 0.29) is 6.61 Å². The molecule has 1 fully saturated rings. The maximum atomic E-state index is 12.1. The van der Waals surface area contributed by atoms with Gasteiger partial charge in [0.25, 0.3) is 0 Å². The van der Waals surface area contributed by atoms with Crippen molar-refractivity contribution < 1.29 is 9.53 Å². The minimum absolute atomic E-state index is 0.259. The summed E-state index contributed by atoms with van der Waals surface area (Å²) in [6, 6.07) is 22.2. The molecule has 5 heterocycles. The molecule has 0 aliphatic carbocycles. The first-order valence-electron chi connectivity index (χ1n) is 12.6. The Hall–Kier alpha value is -4.53. The maximum absolute atomic E-state index is 12.1. The summed E-state index contributed by atoms with van der Waals surface area (Å²) >= 11 is 0. The van der Waals surface area contributed by atoms with Crippen molar-refractivity contribution >= 4 is 34.4 Å². The van der Waals surface area contributed by atoms with Gasteiger partial charge < -0.3 is 24.4 Å². The Morgan fingerprint density at radius 1 is 0.892 bits per heavy atom. The highest BCUT2D eigenvalue weighted by Crippen LogP contribution is 2.23.